The minimum Gasteiger partial charge on any atom is -0.455 e. The second kappa shape index (κ2) is 12.4. The Morgan fingerprint density at radius 2 is 1.00 bits per heavy atom. The number of hydrogen-bond acceptors (Lipinski definition) is 5. The molecule has 8 aromatic carbocycles. The first-order valence-electron chi connectivity index (χ1n) is 18.2. The molecular weight excluding hydrogens is 679 g/mol. The fourth-order valence-corrected chi connectivity index (χ4v) is 9.27. The number of para-hydroxylation sites is 1. The van der Waals surface area contributed by atoms with Crippen molar-refractivity contribution >= 4 is 75.9 Å². The predicted octanol–water partition coefficient (Wildman–Crippen LogP) is 12.9. The van der Waals surface area contributed by atoms with Gasteiger partial charge in [0, 0.05) is 53.2 Å². The van der Waals surface area contributed by atoms with E-state index in [2.05, 4.69) is 145 Å². The van der Waals surface area contributed by atoms with Gasteiger partial charge < -0.3 is 9.73 Å². The molecule has 54 heavy (non-hydrogen) atoms. The Hall–Kier alpha value is -6.82. The molecule has 0 atom stereocenters. The van der Waals surface area contributed by atoms with E-state index in [-0.39, 0.29) is 0 Å². The molecule has 0 spiro atoms. The maximum atomic E-state index is 6.68. The Bertz CT molecular complexity index is 3080. The molecule has 1 N–H and O–H groups in total. The molecule has 11 rings (SSSR count). The van der Waals surface area contributed by atoms with Crippen molar-refractivity contribution in [3.8, 4) is 22.3 Å². The van der Waals surface area contributed by atoms with Crippen molar-refractivity contribution in [2.24, 2.45) is 9.98 Å². The number of furan rings is 1. The van der Waals surface area contributed by atoms with Crippen LogP contribution in [0.2, 0.25) is 0 Å². The van der Waals surface area contributed by atoms with Crippen LogP contribution in [0.1, 0.15) is 22.9 Å². The maximum Gasteiger partial charge on any atom is 0.169 e. The summed E-state index contributed by atoms with van der Waals surface area (Å²) in [5.41, 5.74) is 9.57. The highest BCUT2D eigenvalue weighted by atomic mass is 32.1. The number of hydrogen-bond donors (Lipinski definition) is 1. The first-order valence-corrected chi connectivity index (χ1v) is 19.0. The molecule has 254 valence electrons. The van der Waals surface area contributed by atoms with Crippen molar-refractivity contribution in [2.45, 2.75) is 6.17 Å². The van der Waals surface area contributed by atoms with Crippen LogP contribution >= 0.6 is 11.3 Å². The molecule has 0 amide bonds. The van der Waals surface area contributed by atoms with E-state index in [9.17, 15) is 0 Å². The van der Waals surface area contributed by atoms with Gasteiger partial charge >= 0.3 is 0 Å². The molecule has 2 aromatic heterocycles. The van der Waals surface area contributed by atoms with Crippen molar-refractivity contribution in [1.29, 1.82) is 0 Å². The average molecular weight is 710 g/mol. The number of aliphatic imine (C=N–C) groups is 2. The zero-order chi connectivity index (χ0) is 35.6. The molecule has 1 aliphatic heterocycles. The molecule has 0 saturated carbocycles. The third-order valence-electron chi connectivity index (χ3n) is 10.5. The zero-order valence-electron chi connectivity index (χ0n) is 29.0. The highest BCUT2D eigenvalue weighted by Gasteiger charge is 2.22. The van der Waals surface area contributed by atoms with E-state index in [1.54, 1.807) is 0 Å². The van der Waals surface area contributed by atoms with Gasteiger partial charge in [-0.1, -0.05) is 158 Å². The monoisotopic (exact) mass is 709 g/mol. The minimum atomic E-state index is -0.397. The minimum absolute atomic E-state index is 0.397. The summed E-state index contributed by atoms with van der Waals surface area (Å²) in [5.74, 6) is 1.62. The molecule has 0 unspecified atom stereocenters. The lowest BCUT2D eigenvalue weighted by molar-refractivity contribution is 0.670. The predicted molar refractivity (Wildman–Crippen MR) is 227 cm³/mol. The normalized spacial score (nSPS) is 13.5. The number of fused-ring (bicyclic) bond motifs is 7. The van der Waals surface area contributed by atoms with Crippen LogP contribution in [0.5, 0.6) is 0 Å². The Morgan fingerprint density at radius 3 is 1.70 bits per heavy atom. The Balaban J connectivity index is 1.04. The van der Waals surface area contributed by atoms with Crippen molar-refractivity contribution in [2.75, 3.05) is 0 Å². The lowest BCUT2D eigenvalue weighted by Gasteiger charge is -2.22. The van der Waals surface area contributed by atoms with Crippen LogP contribution in [0.25, 0.3) is 75.1 Å². The van der Waals surface area contributed by atoms with Crippen LogP contribution in [0.3, 0.4) is 0 Å². The van der Waals surface area contributed by atoms with Gasteiger partial charge in [-0.15, -0.1) is 11.3 Å². The standard InChI is InChI=1S/C49H31N3OS/c1-3-13-30(14-4-1)47-50-48(31-15-5-2-6-16-31)52-49(51-47)35-20-9-19-34(27-35)36-21-10-25-40-41-26-12-24-39(46(41)54-45(36)40)37-22-11-23-38-42-28-32-17-7-8-18-33(32)29-43(42)53-44(37)38/h1-29,49H,(H,50,51,52). The van der Waals surface area contributed by atoms with Crippen LogP contribution in [-0.4, -0.2) is 11.7 Å². The summed E-state index contributed by atoms with van der Waals surface area (Å²) in [5, 5.41) is 10.7. The third-order valence-corrected chi connectivity index (χ3v) is 11.8. The van der Waals surface area contributed by atoms with Crippen molar-refractivity contribution in [3.05, 3.63) is 193 Å². The van der Waals surface area contributed by atoms with E-state index in [0.29, 0.717) is 0 Å². The number of rotatable bonds is 5. The number of thiophene rings is 1. The summed E-state index contributed by atoms with van der Waals surface area (Å²) >= 11 is 1.85. The summed E-state index contributed by atoms with van der Waals surface area (Å²) in [6, 6.07) is 62.0. The molecule has 0 aliphatic carbocycles. The molecule has 1 aliphatic rings. The number of nitrogens with zero attached hydrogens (tertiary/aromatic N) is 2. The smallest absolute Gasteiger partial charge is 0.169 e. The van der Waals surface area contributed by atoms with Gasteiger partial charge in [0.2, 0.25) is 0 Å². The molecule has 0 fully saturated rings. The van der Waals surface area contributed by atoms with Crippen molar-refractivity contribution in [3.63, 3.8) is 0 Å². The molecule has 5 heteroatoms. The number of nitrogens with one attached hydrogen (secondary N) is 1. The third kappa shape index (κ3) is 5.05. The molecule has 4 nitrogen and oxygen atoms in total. The zero-order valence-corrected chi connectivity index (χ0v) is 29.8. The summed E-state index contributed by atoms with van der Waals surface area (Å²) in [6.07, 6.45) is -0.397. The second-order valence-corrected chi connectivity index (χ2v) is 14.8. The number of amidine groups is 2. The molecule has 0 saturated heterocycles. The van der Waals surface area contributed by atoms with E-state index in [0.717, 1.165) is 61.4 Å². The van der Waals surface area contributed by atoms with E-state index in [1.165, 1.54) is 42.1 Å². The number of benzene rings is 8. The first kappa shape index (κ1) is 30.8. The summed E-state index contributed by atoms with van der Waals surface area (Å²) in [6.45, 7) is 0. The van der Waals surface area contributed by atoms with Gasteiger partial charge in [-0.3, -0.25) is 0 Å². The van der Waals surface area contributed by atoms with Gasteiger partial charge in [-0.05, 0) is 45.7 Å². The van der Waals surface area contributed by atoms with E-state index in [4.69, 9.17) is 14.4 Å². The van der Waals surface area contributed by atoms with Crippen LogP contribution in [0.15, 0.2) is 190 Å². The van der Waals surface area contributed by atoms with Gasteiger partial charge in [0.05, 0.1) is 0 Å². The summed E-state index contributed by atoms with van der Waals surface area (Å²) < 4.78 is 9.19. The van der Waals surface area contributed by atoms with Gasteiger partial charge in [-0.2, -0.15) is 0 Å². The van der Waals surface area contributed by atoms with Gasteiger partial charge in [-0.25, -0.2) is 9.98 Å². The Labute approximate surface area is 315 Å². The maximum absolute atomic E-state index is 6.68. The lowest BCUT2D eigenvalue weighted by atomic mass is 9.98. The Morgan fingerprint density at radius 1 is 0.444 bits per heavy atom. The lowest BCUT2D eigenvalue weighted by Crippen LogP contribution is -2.35. The largest absolute Gasteiger partial charge is 0.455 e. The topological polar surface area (TPSA) is 49.9 Å². The van der Waals surface area contributed by atoms with E-state index in [1.807, 2.05) is 47.7 Å². The van der Waals surface area contributed by atoms with Crippen LogP contribution in [0, 0.1) is 0 Å². The second-order valence-electron chi connectivity index (χ2n) is 13.8. The Kier molecular flexibility index (Phi) is 7.07. The molecule has 0 bridgehead atoms. The van der Waals surface area contributed by atoms with Crippen molar-refractivity contribution < 1.29 is 4.42 Å². The SMILES string of the molecule is c1ccc(C2=NC(c3cccc(-c4cccc5c4sc4c(-c6cccc7c6oc6cc8ccccc8cc67)cccc45)c3)N=C(c3ccccc3)N2)cc1. The highest BCUT2D eigenvalue weighted by Crippen LogP contribution is 2.46. The fraction of sp³-hybridized carbons (Fsp3) is 0.0204. The average Bonchev–Trinajstić information content (AvgIpc) is 3.81. The van der Waals surface area contributed by atoms with Gasteiger partial charge in [0.1, 0.15) is 22.8 Å². The molecular formula is C49H31N3OS. The summed E-state index contributed by atoms with van der Waals surface area (Å²) in [7, 11) is 0. The molecule has 3 heterocycles. The summed E-state index contributed by atoms with van der Waals surface area (Å²) in [4.78, 5) is 10.3. The first-order chi connectivity index (χ1) is 26.7. The van der Waals surface area contributed by atoms with Crippen LogP contribution in [0.4, 0.5) is 0 Å². The van der Waals surface area contributed by atoms with Crippen molar-refractivity contribution in [1.82, 2.24) is 5.32 Å². The van der Waals surface area contributed by atoms with Crippen LogP contribution in [-0.2, 0) is 0 Å². The quantitative estimate of drug-likeness (QED) is 0.193. The molecule has 0 radical (unpaired) electrons. The fourth-order valence-electron chi connectivity index (χ4n) is 7.91. The van der Waals surface area contributed by atoms with E-state index >= 15 is 0 Å². The van der Waals surface area contributed by atoms with E-state index < -0.39 is 6.17 Å². The molecule has 10 aromatic rings. The highest BCUT2D eigenvalue weighted by molar-refractivity contribution is 7.26. The van der Waals surface area contributed by atoms with Crippen LogP contribution < -0.4 is 5.32 Å². The van der Waals surface area contributed by atoms with Gasteiger partial charge in [0.25, 0.3) is 0 Å². The van der Waals surface area contributed by atoms with Gasteiger partial charge in [0.15, 0.2) is 6.17 Å².